The molecule has 1 aromatic carbocycles. The molecule has 112 valence electrons. The van der Waals surface area contributed by atoms with Gasteiger partial charge in [0.2, 0.25) is 15.3 Å². The molecule has 0 saturated heterocycles. The maximum Gasteiger partial charge on any atom is 0.416 e. The molecule has 0 saturated carbocycles. The van der Waals surface area contributed by atoms with Crippen LogP contribution in [0, 0.1) is 0 Å². The van der Waals surface area contributed by atoms with Crippen LogP contribution in [0.4, 0.5) is 18.9 Å². The predicted molar refractivity (Wildman–Crippen MR) is 69.1 cm³/mol. The van der Waals surface area contributed by atoms with Gasteiger partial charge < -0.3 is 0 Å². The highest BCUT2D eigenvalue weighted by atomic mass is 35.5. The van der Waals surface area contributed by atoms with E-state index in [0.29, 0.717) is 10.4 Å². The van der Waals surface area contributed by atoms with E-state index in [-0.39, 0.29) is 5.69 Å². The van der Waals surface area contributed by atoms with E-state index in [1.807, 2.05) is 0 Å². The van der Waals surface area contributed by atoms with Gasteiger partial charge in [-0.15, -0.1) is 0 Å². The van der Waals surface area contributed by atoms with Crippen LogP contribution in [-0.2, 0) is 21.0 Å². The van der Waals surface area contributed by atoms with Crippen molar-refractivity contribution >= 4 is 32.6 Å². The summed E-state index contributed by atoms with van der Waals surface area (Å²) in [5.74, 6) is 0. The van der Waals surface area contributed by atoms with Crippen LogP contribution >= 0.6 is 11.6 Å². The summed E-state index contributed by atoms with van der Waals surface area (Å²) in [4.78, 5) is 11.1. The molecule has 0 aromatic heterocycles. The van der Waals surface area contributed by atoms with Crippen LogP contribution < -0.4 is 4.31 Å². The summed E-state index contributed by atoms with van der Waals surface area (Å²) in [6.07, 6.45) is -3.84. The molecule has 0 amide bonds. The van der Waals surface area contributed by atoms with Gasteiger partial charge in [-0.3, -0.25) is 9.10 Å². The fourth-order valence-corrected chi connectivity index (χ4v) is 2.94. The minimum Gasteiger partial charge on any atom is -0.279 e. The summed E-state index contributed by atoms with van der Waals surface area (Å²) >= 11 is 5.24. The van der Waals surface area contributed by atoms with Gasteiger partial charge in [0.05, 0.1) is 17.5 Å². The van der Waals surface area contributed by atoms with Gasteiger partial charge in [0, 0.05) is 0 Å². The van der Waals surface area contributed by atoms with Crippen LogP contribution in [0.5, 0.6) is 0 Å². The van der Waals surface area contributed by atoms with Crippen LogP contribution in [0.25, 0.3) is 0 Å². The molecule has 0 radical (unpaired) electrons. The molecular weight excluding hydrogens is 319 g/mol. The molecule has 0 heterocycles. The first-order chi connectivity index (χ1) is 8.94. The molecule has 0 N–H and O–H groups in total. The van der Waals surface area contributed by atoms with Crippen LogP contribution in [-0.4, -0.2) is 26.0 Å². The average molecular weight is 330 g/mol. The van der Waals surface area contributed by atoms with E-state index in [0.717, 1.165) is 24.5 Å². The van der Waals surface area contributed by atoms with Crippen molar-refractivity contribution in [2.24, 2.45) is 0 Å². The van der Waals surface area contributed by atoms with Crippen molar-refractivity contribution in [3.05, 3.63) is 29.8 Å². The smallest absolute Gasteiger partial charge is 0.279 e. The number of rotatable bonds is 4. The minimum absolute atomic E-state index is 0.274. The lowest BCUT2D eigenvalue weighted by molar-refractivity contribution is -0.137. The third-order valence-electron chi connectivity index (χ3n) is 2.47. The van der Waals surface area contributed by atoms with Crippen molar-refractivity contribution in [2.75, 3.05) is 10.6 Å². The van der Waals surface area contributed by atoms with Gasteiger partial charge in [0.15, 0.2) is 0 Å². The maximum absolute atomic E-state index is 12.6. The highest BCUT2D eigenvalue weighted by molar-refractivity contribution is 7.92. The van der Waals surface area contributed by atoms with E-state index in [1.54, 1.807) is 0 Å². The number of benzene rings is 1. The molecule has 1 aromatic rings. The standard InChI is InChI=1S/C11H11ClF3NO3S/c1-7(10(12)17)16(20(2,18)19)9-5-3-4-8(6-9)11(13,14)15/h3-7H,1-2H3. The molecule has 4 nitrogen and oxygen atoms in total. The number of hydrogen-bond donors (Lipinski definition) is 0. The summed E-state index contributed by atoms with van der Waals surface area (Å²) in [6.45, 7) is 1.19. The van der Waals surface area contributed by atoms with E-state index < -0.39 is 33.0 Å². The second-order valence-electron chi connectivity index (χ2n) is 4.09. The summed E-state index contributed by atoms with van der Waals surface area (Å²) in [5.41, 5.74) is -1.29. The molecule has 1 atom stereocenters. The summed E-state index contributed by atoms with van der Waals surface area (Å²) in [5, 5.41) is -0.993. The van der Waals surface area contributed by atoms with Crippen molar-refractivity contribution < 1.29 is 26.4 Å². The predicted octanol–water partition coefficient (Wildman–Crippen LogP) is 2.63. The molecule has 0 aliphatic heterocycles. The Morgan fingerprint density at radius 3 is 2.30 bits per heavy atom. The number of hydrogen-bond acceptors (Lipinski definition) is 3. The van der Waals surface area contributed by atoms with Gasteiger partial charge in [-0.25, -0.2) is 8.42 Å². The quantitative estimate of drug-likeness (QED) is 0.798. The van der Waals surface area contributed by atoms with E-state index in [1.165, 1.54) is 6.92 Å². The van der Waals surface area contributed by atoms with E-state index >= 15 is 0 Å². The highest BCUT2D eigenvalue weighted by Gasteiger charge is 2.33. The first-order valence-corrected chi connectivity index (χ1v) is 7.53. The summed E-state index contributed by atoms with van der Waals surface area (Å²) < 4.78 is 61.8. The Morgan fingerprint density at radius 1 is 1.35 bits per heavy atom. The van der Waals surface area contributed by atoms with Gasteiger partial charge in [-0.05, 0) is 36.7 Å². The molecule has 0 aliphatic carbocycles. The van der Waals surface area contributed by atoms with Gasteiger partial charge in [-0.2, -0.15) is 13.2 Å². The molecule has 1 unspecified atom stereocenters. The van der Waals surface area contributed by atoms with Gasteiger partial charge in [0.1, 0.15) is 6.04 Å². The van der Waals surface area contributed by atoms with E-state index in [9.17, 15) is 26.4 Å². The zero-order chi connectivity index (χ0) is 15.7. The van der Waals surface area contributed by atoms with Crippen molar-refractivity contribution in [1.29, 1.82) is 0 Å². The van der Waals surface area contributed by atoms with Gasteiger partial charge >= 0.3 is 6.18 Å². The minimum atomic E-state index is -4.62. The number of sulfonamides is 1. The second-order valence-corrected chi connectivity index (χ2v) is 6.32. The van der Waals surface area contributed by atoms with Crippen LogP contribution in [0.15, 0.2) is 24.3 Å². The number of carbonyl (C=O) groups is 1. The van der Waals surface area contributed by atoms with Crippen LogP contribution in [0.2, 0.25) is 0 Å². The number of nitrogens with zero attached hydrogens (tertiary/aromatic N) is 1. The van der Waals surface area contributed by atoms with Crippen LogP contribution in [0.3, 0.4) is 0 Å². The summed E-state index contributed by atoms with van der Waals surface area (Å²) in [7, 11) is -3.96. The number of alkyl halides is 3. The average Bonchev–Trinajstić information content (AvgIpc) is 2.26. The first kappa shape index (κ1) is 16.8. The van der Waals surface area contributed by atoms with E-state index in [2.05, 4.69) is 0 Å². The lowest BCUT2D eigenvalue weighted by atomic mass is 10.2. The Hall–Kier alpha value is -1.28. The number of carbonyl (C=O) groups excluding carboxylic acids is 1. The highest BCUT2D eigenvalue weighted by Crippen LogP contribution is 2.32. The fraction of sp³-hybridized carbons (Fsp3) is 0.364. The Balaban J connectivity index is 3.40. The Bertz CT molecular complexity index is 616. The topological polar surface area (TPSA) is 54.5 Å². The third-order valence-corrected chi connectivity index (χ3v) is 4.02. The Kier molecular flexibility index (Phi) is 4.70. The van der Waals surface area contributed by atoms with Crippen molar-refractivity contribution in [3.8, 4) is 0 Å². The SMILES string of the molecule is CC(C(=O)Cl)N(c1cccc(C(F)(F)F)c1)S(C)(=O)=O. The third kappa shape index (κ3) is 3.86. The molecular formula is C11H11ClF3NO3S. The zero-order valence-electron chi connectivity index (χ0n) is 10.5. The van der Waals surface area contributed by atoms with Gasteiger partial charge in [0.25, 0.3) is 0 Å². The molecule has 0 fully saturated rings. The lowest BCUT2D eigenvalue weighted by Gasteiger charge is -2.27. The molecule has 20 heavy (non-hydrogen) atoms. The molecule has 0 spiro atoms. The normalized spacial score (nSPS) is 13.9. The maximum atomic E-state index is 12.6. The van der Waals surface area contributed by atoms with Crippen LogP contribution in [0.1, 0.15) is 12.5 Å². The molecule has 0 aliphatic rings. The van der Waals surface area contributed by atoms with Crippen molar-refractivity contribution in [2.45, 2.75) is 19.1 Å². The van der Waals surface area contributed by atoms with Gasteiger partial charge in [-0.1, -0.05) is 6.07 Å². The molecule has 0 bridgehead atoms. The largest absolute Gasteiger partial charge is 0.416 e. The molecule has 9 heteroatoms. The summed E-state index contributed by atoms with van der Waals surface area (Å²) in [6, 6.07) is 2.36. The Labute approximate surface area is 119 Å². The first-order valence-electron chi connectivity index (χ1n) is 5.30. The monoisotopic (exact) mass is 329 g/mol. The molecule has 1 rings (SSSR count). The van der Waals surface area contributed by atoms with Crippen molar-refractivity contribution in [1.82, 2.24) is 0 Å². The second kappa shape index (κ2) is 5.61. The zero-order valence-corrected chi connectivity index (χ0v) is 12.1. The number of anilines is 1. The lowest BCUT2D eigenvalue weighted by Crippen LogP contribution is -2.41. The number of halogens is 4. The Morgan fingerprint density at radius 2 is 1.90 bits per heavy atom. The van der Waals surface area contributed by atoms with E-state index in [4.69, 9.17) is 11.6 Å². The fourth-order valence-electron chi connectivity index (χ4n) is 1.61. The van der Waals surface area contributed by atoms with Crippen molar-refractivity contribution in [3.63, 3.8) is 0 Å².